The zero-order chi connectivity index (χ0) is 18.1. The first-order valence-electron chi connectivity index (χ1n) is 9.19. The van der Waals surface area contributed by atoms with Crippen molar-refractivity contribution in [3.8, 4) is 0 Å². The lowest BCUT2D eigenvalue weighted by atomic mass is 9.45. The maximum Gasteiger partial charge on any atom is 0.328 e. The monoisotopic (exact) mass is 336 g/mol. The molecule has 0 aromatic carbocycles. The van der Waals surface area contributed by atoms with Crippen molar-refractivity contribution in [2.45, 2.75) is 72.3 Å². The van der Waals surface area contributed by atoms with Crippen LogP contribution in [0.15, 0.2) is 11.6 Å². The minimum absolute atomic E-state index is 0.0378. The number of fused-ring (bicyclic) bond motifs is 1. The standard InChI is InChI=1S/C20H32O4/c1-13(11-18(23)24)5-7-15-14(2)6-8-16-19(15,3)10-9-17(22)20(16,4)12-21/h11-12,14-17,22H,5-10H2,1-4H3,(H,23,24)/b13-11-/t14-,15+,16+,17-,19+,20-/m0/s1. The van der Waals surface area contributed by atoms with Crippen LogP contribution in [0.5, 0.6) is 0 Å². The number of aldehydes is 1. The highest BCUT2D eigenvalue weighted by Crippen LogP contribution is 2.61. The minimum atomic E-state index is -0.886. The van der Waals surface area contributed by atoms with E-state index in [1.165, 1.54) is 6.08 Å². The van der Waals surface area contributed by atoms with Gasteiger partial charge in [0.05, 0.1) is 11.5 Å². The highest BCUT2D eigenvalue weighted by atomic mass is 16.4. The fraction of sp³-hybridized carbons (Fsp3) is 0.800. The van der Waals surface area contributed by atoms with Crippen molar-refractivity contribution in [1.82, 2.24) is 0 Å². The summed E-state index contributed by atoms with van der Waals surface area (Å²) >= 11 is 0. The number of carbonyl (C=O) groups excluding carboxylic acids is 1. The van der Waals surface area contributed by atoms with E-state index < -0.39 is 17.5 Å². The van der Waals surface area contributed by atoms with Gasteiger partial charge in [0.1, 0.15) is 6.29 Å². The van der Waals surface area contributed by atoms with Gasteiger partial charge in [0.25, 0.3) is 0 Å². The lowest BCUT2D eigenvalue weighted by Crippen LogP contribution is -2.57. The Morgan fingerprint density at radius 2 is 1.92 bits per heavy atom. The molecule has 0 aromatic rings. The summed E-state index contributed by atoms with van der Waals surface area (Å²) < 4.78 is 0. The van der Waals surface area contributed by atoms with Crippen molar-refractivity contribution in [3.63, 3.8) is 0 Å². The largest absolute Gasteiger partial charge is 0.478 e. The predicted octanol–water partition coefficient (Wildman–Crippen LogP) is 3.83. The number of carboxylic acid groups (broad SMARTS) is 1. The SMILES string of the molecule is C/C(=C/C(=O)O)CC[C@@H]1[C@@H](C)CC[C@H]2[C@](C)(C=O)[C@@H](O)CC[C@]12C. The molecular weight excluding hydrogens is 304 g/mol. The second-order valence-electron chi connectivity index (χ2n) is 8.63. The van der Waals surface area contributed by atoms with Gasteiger partial charge in [-0.05, 0) is 62.2 Å². The van der Waals surface area contributed by atoms with E-state index in [2.05, 4.69) is 13.8 Å². The van der Waals surface area contributed by atoms with Gasteiger partial charge in [-0.15, -0.1) is 0 Å². The van der Waals surface area contributed by atoms with Crippen LogP contribution in [0.2, 0.25) is 0 Å². The molecule has 0 spiro atoms. The van der Waals surface area contributed by atoms with E-state index in [0.29, 0.717) is 18.3 Å². The molecule has 136 valence electrons. The van der Waals surface area contributed by atoms with Gasteiger partial charge in [-0.2, -0.15) is 0 Å². The first-order chi connectivity index (χ1) is 11.1. The lowest BCUT2D eigenvalue weighted by molar-refractivity contribution is -0.164. The van der Waals surface area contributed by atoms with Gasteiger partial charge >= 0.3 is 5.97 Å². The van der Waals surface area contributed by atoms with E-state index in [-0.39, 0.29) is 11.3 Å². The van der Waals surface area contributed by atoms with E-state index in [1.807, 2.05) is 13.8 Å². The average molecular weight is 336 g/mol. The molecule has 0 radical (unpaired) electrons. The van der Waals surface area contributed by atoms with Crippen LogP contribution in [0.25, 0.3) is 0 Å². The molecule has 0 bridgehead atoms. The van der Waals surface area contributed by atoms with Crippen molar-refractivity contribution in [2.24, 2.45) is 28.6 Å². The molecule has 0 aliphatic heterocycles. The first-order valence-corrected chi connectivity index (χ1v) is 9.19. The Hall–Kier alpha value is -1.16. The van der Waals surface area contributed by atoms with Gasteiger partial charge in [0.15, 0.2) is 0 Å². The Morgan fingerprint density at radius 3 is 2.50 bits per heavy atom. The fourth-order valence-corrected chi connectivity index (χ4v) is 5.68. The second-order valence-corrected chi connectivity index (χ2v) is 8.63. The fourth-order valence-electron chi connectivity index (χ4n) is 5.68. The summed E-state index contributed by atoms with van der Waals surface area (Å²) in [7, 11) is 0. The van der Waals surface area contributed by atoms with Crippen LogP contribution in [0, 0.1) is 28.6 Å². The number of carboxylic acids is 1. The molecule has 4 nitrogen and oxygen atoms in total. The van der Waals surface area contributed by atoms with Crippen LogP contribution in [0.4, 0.5) is 0 Å². The Labute approximate surface area is 145 Å². The van der Waals surface area contributed by atoms with Gasteiger partial charge in [-0.3, -0.25) is 0 Å². The summed E-state index contributed by atoms with van der Waals surface area (Å²) in [5.74, 6) is 0.342. The summed E-state index contributed by atoms with van der Waals surface area (Å²) in [5.41, 5.74) is 0.280. The van der Waals surface area contributed by atoms with Crippen molar-refractivity contribution < 1.29 is 19.8 Å². The highest BCUT2D eigenvalue weighted by Gasteiger charge is 2.58. The molecule has 2 saturated carbocycles. The van der Waals surface area contributed by atoms with Gasteiger partial charge in [-0.1, -0.05) is 32.8 Å². The van der Waals surface area contributed by atoms with Crippen LogP contribution in [0.1, 0.15) is 66.2 Å². The Morgan fingerprint density at radius 1 is 1.25 bits per heavy atom. The molecule has 0 heterocycles. The zero-order valence-electron chi connectivity index (χ0n) is 15.4. The molecule has 0 unspecified atom stereocenters. The van der Waals surface area contributed by atoms with Crippen LogP contribution >= 0.6 is 0 Å². The molecule has 2 aliphatic rings. The van der Waals surface area contributed by atoms with Crippen LogP contribution in [0.3, 0.4) is 0 Å². The summed E-state index contributed by atoms with van der Waals surface area (Å²) in [6, 6.07) is 0. The van der Waals surface area contributed by atoms with Crippen LogP contribution < -0.4 is 0 Å². The van der Waals surface area contributed by atoms with Crippen LogP contribution in [-0.2, 0) is 9.59 Å². The molecule has 0 aromatic heterocycles. The van der Waals surface area contributed by atoms with Crippen molar-refractivity contribution in [1.29, 1.82) is 0 Å². The Kier molecular flexibility index (Phi) is 5.58. The average Bonchev–Trinajstić information content (AvgIpc) is 2.50. The van der Waals surface area contributed by atoms with Gasteiger partial charge < -0.3 is 15.0 Å². The van der Waals surface area contributed by atoms with Crippen molar-refractivity contribution >= 4 is 12.3 Å². The smallest absolute Gasteiger partial charge is 0.328 e. The predicted molar refractivity (Wildman–Crippen MR) is 93.5 cm³/mol. The molecule has 2 rings (SSSR count). The summed E-state index contributed by atoms with van der Waals surface area (Å²) in [6.45, 7) is 8.38. The number of rotatable bonds is 5. The summed E-state index contributed by atoms with van der Waals surface area (Å²) in [5, 5.41) is 19.3. The third-order valence-corrected chi connectivity index (χ3v) is 7.14. The molecule has 2 N–H and O–H groups in total. The molecule has 4 heteroatoms. The number of aliphatic carboxylic acids is 1. The molecule has 24 heavy (non-hydrogen) atoms. The number of allylic oxidation sites excluding steroid dienone is 1. The zero-order valence-corrected chi connectivity index (χ0v) is 15.4. The normalized spacial score (nSPS) is 43.1. The number of hydrogen-bond acceptors (Lipinski definition) is 3. The van der Waals surface area contributed by atoms with E-state index in [0.717, 1.165) is 44.0 Å². The maximum atomic E-state index is 11.8. The number of aliphatic hydroxyl groups excluding tert-OH is 1. The van der Waals surface area contributed by atoms with Gasteiger partial charge in [0.2, 0.25) is 0 Å². The van der Waals surface area contributed by atoms with E-state index in [9.17, 15) is 14.7 Å². The van der Waals surface area contributed by atoms with Crippen molar-refractivity contribution in [2.75, 3.05) is 0 Å². The van der Waals surface area contributed by atoms with Gasteiger partial charge in [0, 0.05) is 6.08 Å². The molecular formula is C20H32O4. The van der Waals surface area contributed by atoms with E-state index in [4.69, 9.17) is 5.11 Å². The molecule has 6 atom stereocenters. The van der Waals surface area contributed by atoms with Gasteiger partial charge in [-0.25, -0.2) is 4.79 Å². The number of aliphatic hydroxyl groups is 1. The lowest BCUT2D eigenvalue weighted by Gasteiger charge is -2.59. The highest BCUT2D eigenvalue weighted by molar-refractivity contribution is 5.80. The van der Waals surface area contributed by atoms with E-state index in [1.54, 1.807) is 0 Å². The third kappa shape index (κ3) is 3.30. The summed E-state index contributed by atoms with van der Waals surface area (Å²) in [6.07, 6.45) is 7.16. The summed E-state index contributed by atoms with van der Waals surface area (Å²) in [4.78, 5) is 22.7. The molecule has 2 aliphatic carbocycles. The third-order valence-electron chi connectivity index (χ3n) is 7.14. The van der Waals surface area contributed by atoms with Crippen molar-refractivity contribution in [3.05, 3.63) is 11.6 Å². The van der Waals surface area contributed by atoms with Crippen LogP contribution in [-0.4, -0.2) is 28.6 Å². The minimum Gasteiger partial charge on any atom is -0.478 e. The molecule has 0 amide bonds. The second kappa shape index (κ2) is 6.99. The number of carbonyl (C=O) groups is 2. The first kappa shape index (κ1) is 19.2. The maximum absolute atomic E-state index is 11.8. The quantitative estimate of drug-likeness (QED) is 0.591. The molecule has 2 fully saturated rings. The Bertz CT molecular complexity index is 526. The topological polar surface area (TPSA) is 74.6 Å². The Balaban J connectivity index is 2.24. The molecule has 0 saturated heterocycles. The van der Waals surface area contributed by atoms with E-state index >= 15 is 0 Å². The number of hydrogen-bond donors (Lipinski definition) is 2.